The van der Waals surface area contributed by atoms with Crippen molar-refractivity contribution in [1.29, 1.82) is 0 Å². The molecule has 2 aliphatic rings. The lowest BCUT2D eigenvalue weighted by Gasteiger charge is -2.21. The Balaban J connectivity index is 1.83. The van der Waals surface area contributed by atoms with Gasteiger partial charge in [0, 0.05) is 10.6 Å². The predicted octanol–water partition coefficient (Wildman–Crippen LogP) is 3.17. The van der Waals surface area contributed by atoms with E-state index in [9.17, 15) is 4.79 Å². The summed E-state index contributed by atoms with van der Waals surface area (Å²) in [7, 11) is 0. The molecule has 0 amide bonds. The number of hydrogen-bond acceptors (Lipinski definition) is 3. The summed E-state index contributed by atoms with van der Waals surface area (Å²) in [5, 5.41) is 0.594. The second kappa shape index (κ2) is 3.59. The summed E-state index contributed by atoms with van der Waals surface area (Å²) in [4.78, 5) is 12.3. The van der Waals surface area contributed by atoms with Crippen molar-refractivity contribution in [2.75, 3.05) is 0 Å². The zero-order chi connectivity index (χ0) is 13.0. The van der Waals surface area contributed by atoms with Crippen molar-refractivity contribution in [3.05, 3.63) is 64.7 Å². The van der Waals surface area contributed by atoms with Crippen LogP contribution in [0.1, 0.15) is 15.9 Å². The number of hydrogen-bond donors (Lipinski definition) is 0. The van der Waals surface area contributed by atoms with Crippen molar-refractivity contribution in [1.82, 2.24) is 0 Å². The van der Waals surface area contributed by atoms with Crippen molar-refractivity contribution < 1.29 is 14.3 Å². The molecule has 94 valence electrons. The molecular formula is C15H9ClO3. The summed E-state index contributed by atoms with van der Waals surface area (Å²) in [6.45, 7) is 0. The highest BCUT2D eigenvalue weighted by molar-refractivity contribution is 6.30. The first-order valence-electron chi connectivity index (χ1n) is 5.97. The van der Waals surface area contributed by atoms with Crippen LogP contribution in [0.4, 0.5) is 0 Å². The van der Waals surface area contributed by atoms with E-state index in [4.69, 9.17) is 21.1 Å². The molecule has 2 aromatic rings. The van der Waals surface area contributed by atoms with Crippen molar-refractivity contribution in [2.24, 2.45) is 0 Å². The first kappa shape index (κ1) is 11.0. The van der Waals surface area contributed by atoms with Crippen LogP contribution in [-0.2, 0) is 10.5 Å². The Labute approximate surface area is 114 Å². The van der Waals surface area contributed by atoms with Gasteiger partial charge in [-0.25, -0.2) is 0 Å². The number of Topliss-reactive ketones (excluding diaryl/α,β-unsaturated/α-hetero) is 1. The summed E-state index contributed by atoms with van der Waals surface area (Å²) < 4.78 is 11.5. The monoisotopic (exact) mass is 272 g/mol. The molecule has 4 heteroatoms. The lowest BCUT2D eigenvalue weighted by Crippen LogP contribution is -2.30. The Bertz CT molecular complexity index is 697. The smallest absolute Gasteiger partial charge is 0.272 e. The maximum absolute atomic E-state index is 12.3. The molecule has 0 spiro atoms. The molecule has 19 heavy (non-hydrogen) atoms. The van der Waals surface area contributed by atoms with E-state index in [2.05, 4.69) is 0 Å². The van der Waals surface area contributed by atoms with Gasteiger partial charge in [0.15, 0.2) is 6.10 Å². The fourth-order valence-electron chi connectivity index (χ4n) is 2.49. The molecule has 2 aliphatic heterocycles. The SMILES string of the molecule is O=C1c2ccccc2OC2(c3cccc(Cl)c3)OC12. The normalized spacial score (nSPS) is 27.2. The van der Waals surface area contributed by atoms with E-state index in [1.807, 2.05) is 24.3 Å². The zero-order valence-electron chi connectivity index (χ0n) is 9.80. The highest BCUT2D eigenvalue weighted by Crippen LogP contribution is 2.53. The Hall–Kier alpha value is -1.84. The second-order valence-corrected chi connectivity index (χ2v) is 5.07. The van der Waals surface area contributed by atoms with Gasteiger partial charge in [-0.3, -0.25) is 4.79 Å². The molecule has 1 fully saturated rings. The Morgan fingerprint density at radius 3 is 2.79 bits per heavy atom. The van der Waals surface area contributed by atoms with Gasteiger partial charge < -0.3 is 9.47 Å². The van der Waals surface area contributed by atoms with Crippen LogP contribution in [-0.4, -0.2) is 11.9 Å². The van der Waals surface area contributed by atoms with Gasteiger partial charge in [0.1, 0.15) is 5.75 Å². The maximum Gasteiger partial charge on any atom is 0.272 e. The van der Waals surface area contributed by atoms with Crippen LogP contribution in [0.15, 0.2) is 48.5 Å². The number of para-hydroxylation sites is 1. The van der Waals surface area contributed by atoms with Crippen molar-refractivity contribution in [2.45, 2.75) is 11.9 Å². The molecular weight excluding hydrogens is 264 g/mol. The number of halogens is 1. The topological polar surface area (TPSA) is 38.8 Å². The molecule has 0 saturated carbocycles. The van der Waals surface area contributed by atoms with Crippen LogP contribution >= 0.6 is 11.6 Å². The zero-order valence-corrected chi connectivity index (χ0v) is 10.6. The maximum atomic E-state index is 12.3. The number of fused-ring (bicyclic) bond motifs is 2. The number of carbonyl (C=O) groups excluding carboxylic acids is 1. The van der Waals surface area contributed by atoms with Gasteiger partial charge in [0.25, 0.3) is 5.79 Å². The number of rotatable bonds is 1. The average Bonchev–Trinajstić information content (AvgIpc) is 3.15. The lowest BCUT2D eigenvalue weighted by atomic mass is 9.96. The Morgan fingerprint density at radius 1 is 1.11 bits per heavy atom. The first-order chi connectivity index (χ1) is 9.21. The van der Waals surface area contributed by atoms with Gasteiger partial charge in [0.2, 0.25) is 5.78 Å². The van der Waals surface area contributed by atoms with Gasteiger partial charge in [-0.2, -0.15) is 0 Å². The van der Waals surface area contributed by atoms with E-state index in [1.54, 1.807) is 24.3 Å². The summed E-state index contributed by atoms with van der Waals surface area (Å²) in [6.07, 6.45) is -0.569. The second-order valence-electron chi connectivity index (χ2n) is 4.64. The van der Waals surface area contributed by atoms with Crippen LogP contribution in [0, 0.1) is 0 Å². The lowest BCUT2D eigenvalue weighted by molar-refractivity contribution is 0.0571. The van der Waals surface area contributed by atoms with Gasteiger partial charge in [-0.15, -0.1) is 0 Å². The van der Waals surface area contributed by atoms with Crippen LogP contribution in [0.25, 0.3) is 0 Å². The van der Waals surface area contributed by atoms with Crippen molar-refractivity contribution in [3.8, 4) is 5.75 Å². The number of benzene rings is 2. The van der Waals surface area contributed by atoms with E-state index in [0.29, 0.717) is 16.3 Å². The summed E-state index contributed by atoms with van der Waals surface area (Å²) in [5.41, 5.74) is 1.34. The summed E-state index contributed by atoms with van der Waals surface area (Å²) >= 11 is 5.99. The molecule has 2 aromatic carbocycles. The Morgan fingerprint density at radius 2 is 1.95 bits per heavy atom. The van der Waals surface area contributed by atoms with Crippen molar-refractivity contribution in [3.63, 3.8) is 0 Å². The first-order valence-corrected chi connectivity index (χ1v) is 6.35. The molecule has 0 aliphatic carbocycles. The van der Waals surface area contributed by atoms with Gasteiger partial charge in [-0.05, 0) is 24.3 Å². The highest BCUT2D eigenvalue weighted by Gasteiger charge is 2.67. The molecule has 2 heterocycles. The minimum atomic E-state index is -0.990. The van der Waals surface area contributed by atoms with E-state index in [0.717, 1.165) is 5.56 Å². The van der Waals surface area contributed by atoms with Crippen LogP contribution in [0.2, 0.25) is 5.02 Å². The molecule has 0 radical (unpaired) electrons. The van der Waals surface area contributed by atoms with E-state index in [1.165, 1.54) is 0 Å². The third-order valence-corrected chi connectivity index (χ3v) is 3.70. The Kier molecular flexibility index (Phi) is 2.08. The predicted molar refractivity (Wildman–Crippen MR) is 69.4 cm³/mol. The standard InChI is InChI=1S/C15H9ClO3/c16-10-5-3-4-9(8-10)15-14(19-15)13(17)11-6-1-2-7-12(11)18-15/h1-8,14H. The molecule has 0 aromatic heterocycles. The van der Waals surface area contributed by atoms with Gasteiger partial charge in [-0.1, -0.05) is 35.9 Å². The largest absolute Gasteiger partial charge is 0.454 e. The fraction of sp³-hybridized carbons (Fsp3) is 0.133. The summed E-state index contributed by atoms with van der Waals surface area (Å²) in [5.74, 6) is -0.473. The molecule has 1 saturated heterocycles. The quantitative estimate of drug-likeness (QED) is 0.749. The fourth-order valence-corrected chi connectivity index (χ4v) is 2.68. The van der Waals surface area contributed by atoms with Crippen LogP contribution < -0.4 is 4.74 Å². The molecule has 4 rings (SSSR count). The van der Waals surface area contributed by atoms with E-state index >= 15 is 0 Å². The van der Waals surface area contributed by atoms with E-state index < -0.39 is 11.9 Å². The average molecular weight is 273 g/mol. The number of ether oxygens (including phenoxy) is 2. The molecule has 0 bridgehead atoms. The highest BCUT2D eigenvalue weighted by atomic mass is 35.5. The number of ketones is 1. The number of carbonyl (C=O) groups is 1. The van der Waals surface area contributed by atoms with Crippen LogP contribution in [0.5, 0.6) is 5.75 Å². The van der Waals surface area contributed by atoms with E-state index in [-0.39, 0.29) is 5.78 Å². The van der Waals surface area contributed by atoms with Crippen LogP contribution in [0.3, 0.4) is 0 Å². The van der Waals surface area contributed by atoms with Crippen molar-refractivity contribution >= 4 is 17.4 Å². The van der Waals surface area contributed by atoms with Gasteiger partial charge in [0.05, 0.1) is 5.56 Å². The van der Waals surface area contributed by atoms with Gasteiger partial charge >= 0.3 is 0 Å². The summed E-state index contributed by atoms with van der Waals surface area (Å²) in [6, 6.07) is 14.4. The minimum Gasteiger partial charge on any atom is -0.454 e. The molecule has 2 atom stereocenters. The third kappa shape index (κ3) is 1.46. The molecule has 0 N–H and O–H groups in total. The molecule has 3 nitrogen and oxygen atoms in total. The molecule has 2 unspecified atom stereocenters. The number of epoxide rings is 1. The minimum absolute atomic E-state index is 0.0400. The third-order valence-electron chi connectivity index (χ3n) is 3.46.